The van der Waals surface area contributed by atoms with Crippen molar-refractivity contribution in [2.75, 3.05) is 32.8 Å². The Morgan fingerprint density at radius 1 is 1.21 bits per heavy atom. The number of carbonyl (C=O) groups is 2. The largest absolute Gasteiger partial charge is 0.378 e. The van der Waals surface area contributed by atoms with Crippen molar-refractivity contribution >= 4 is 11.8 Å². The summed E-state index contributed by atoms with van der Waals surface area (Å²) in [7, 11) is 0. The molecule has 3 fully saturated rings. The van der Waals surface area contributed by atoms with Gasteiger partial charge in [-0.2, -0.15) is 0 Å². The van der Waals surface area contributed by atoms with Gasteiger partial charge in [0.25, 0.3) is 0 Å². The van der Waals surface area contributed by atoms with E-state index in [9.17, 15) is 9.59 Å². The van der Waals surface area contributed by atoms with E-state index < -0.39 is 17.4 Å². The average molecular weight is 382 g/mol. The van der Waals surface area contributed by atoms with Gasteiger partial charge in [-0.3, -0.25) is 9.59 Å². The van der Waals surface area contributed by atoms with Crippen LogP contribution in [0, 0.1) is 25.7 Å². The van der Waals surface area contributed by atoms with Crippen molar-refractivity contribution in [2.45, 2.75) is 32.1 Å². The Labute approximate surface area is 165 Å². The zero-order valence-electron chi connectivity index (χ0n) is 16.4. The maximum Gasteiger partial charge on any atom is 0.230 e. The fourth-order valence-electron chi connectivity index (χ4n) is 5.11. The van der Waals surface area contributed by atoms with E-state index in [1.807, 2.05) is 22.0 Å². The molecule has 0 unspecified atom stereocenters. The van der Waals surface area contributed by atoms with E-state index in [2.05, 4.69) is 32.0 Å². The van der Waals surface area contributed by atoms with E-state index in [1.165, 1.54) is 11.1 Å². The quantitative estimate of drug-likeness (QED) is 0.743. The molecule has 6 heteroatoms. The van der Waals surface area contributed by atoms with E-state index in [0.717, 1.165) is 5.56 Å². The molecule has 28 heavy (non-hydrogen) atoms. The van der Waals surface area contributed by atoms with E-state index in [0.29, 0.717) is 39.4 Å². The fraction of sp³-hybridized carbons (Fsp3) is 0.545. The number of hydrogen-bond donors (Lipinski definition) is 0. The summed E-state index contributed by atoms with van der Waals surface area (Å²) in [6.07, 6.45) is 3.71. The number of morpholine rings is 1. The molecule has 4 atom stereocenters. The van der Waals surface area contributed by atoms with Crippen LogP contribution in [0.5, 0.6) is 0 Å². The molecule has 0 saturated carbocycles. The lowest BCUT2D eigenvalue weighted by Crippen LogP contribution is -2.49. The molecule has 0 aliphatic carbocycles. The van der Waals surface area contributed by atoms with Gasteiger partial charge in [0.2, 0.25) is 11.8 Å². The Morgan fingerprint density at radius 3 is 2.75 bits per heavy atom. The van der Waals surface area contributed by atoms with Crippen molar-refractivity contribution in [2.24, 2.45) is 11.8 Å². The highest BCUT2D eigenvalue weighted by atomic mass is 16.5. The van der Waals surface area contributed by atoms with E-state index >= 15 is 0 Å². The maximum absolute atomic E-state index is 13.3. The Bertz CT molecular complexity index is 860. The first-order chi connectivity index (χ1) is 13.5. The fourth-order valence-corrected chi connectivity index (χ4v) is 5.11. The molecule has 3 saturated heterocycles. The van der Waals surface area contributed by atoms with Crippen LogP contribution < -0.4 is 0 Å². The first-order valence-electron chi connectivity index (χ1n) is 10.1. The molecule has 4 heterocycles. The van der Waals surface area contributed by atoms with Crippen molar-refractivity contribution in [3.8, 4) is 0 Å². The molecular weight excluding hydrogens is 356 g/mol. The summed E-state index contributed by atoms with van der Waals surface area (Å²) >= 11 is 0. The van der Waals surface area contributed by atoms with Crippen LogP contribution in [0.3, 0.4) is 0 Å². The van der Waals surface area contributed by atoms with Crippen LogP contribution in [0.1, 0.15) is 16.7 Å². The molecule has 1 aromatic carbocycles. The van der Waals surface area contributed by atoms with Crippen molar-refractivity contribution in [3.63, 3.8) is 0 Å². The number of nitrogens with zero attached hydrogens (tertiary/aromatic N) is 2. The minimum absolute atomic E-state index is 0.0332. The molecule has 2 bridgehead atoms. The van der Waals surface area contributed by atoms with Crippen LogP contribution >= 0.6 is 0 Å². The van der Waals surface area contributed by atoms with Gasteiger partial charge in [0.05, 0.1) is 37.7 Å². The molecule has 5 rings (SSSR count). The second kappa shape index (κ2) is 6.42. The standard InChI is InChI=1S/C22H26N2O4/c1-14-3-4-16(11-15(14)2)12-24-13-22-6-5-17(28-22)18(19(22)21(24)26)20(25)23-7-9-27-10-8-23/h3-6,11,17-19H,7-10,12-13H2,1-2H3/t17-,18-,19-,22-/m0/s1. The summed E-state index contributed by atoms with van der Waals surface area (Å²) < 4.78 is 11.6. The van der Waals surface area contributed by atoms with E-state index in [4.69, 9.17) is 9.47 Å². The Morgan fingerprint density at radius 2 is 2.00 bits per heavy atom. The maximum atomic E-state index is 13.3. The third-order valence-corrected chi connectivity index (χ3v) is 6.73. The van der Waals surface area contributed by atoms with Gasteiger partial charge in [-0.25, -0.2) is 0 Å². The molecular formula is C22H26N2O4. The van der Waals surface area contributed by atoms with Crippen molar-refractivity contribution in [3.05, 3.63) is 47.0 Å². The van der Waals surface area contributed by atoms with Gasteiger partial charge >= 0.3 is 0 Å². The number of hydrogen-bond acceptors (Lipinski definition) is 4. The summed E-state index contributed by atoms with van der Waals surface area (Å²) in [6.45, 7) is 7.54. The number of benzene rings is 1. The summed E-state index contributed by atoms with van der Waals surface area (Å²) in [6, 6.07) is 6.31. The number of carbonyl (C=O) groups excluding carboxylic acids is 2. The monoisotopic (exact) mass is 382 g/mol. The number of fused-ring (bicyclic) bond motifs is 1. The molecule has 2 amide bonds. The molecule has 6 nitrogen and oxygen atoms in total. The number of amides is 2. The summed E-state index contributed by atoms with van der Waals surface area (Å²) in [5.41, 5.74) is 2.93. The lowest BCUT2D eigenvalue weighted by molar-refractivity contribution is -0.146. The van der Waals surface area contributed by atoms with Gasteiger partial charge in [0.15, 0.2) is 0 Å². The van der Waals surface area contributed by atoms with Crippen LogP contribution in [0.25, 0.3) is 0 Å². The number of likely N-dealkylation sites (tertiary alicyclic amines) is 1. The van der Waals surface area contributed by atoms with Gasteiger partial charge in [-0.15, -0.1) is 0 Å². The van der Waals surface area contributed by atoms with Gasteiger partial charge in [0, 0.05) is 19.6 Å². The van der Waals surface area contributed by atoms with Crippen LogP contribution in [0.4, 0.5) is 0 Å². The summed E-state index contributed by atoms with van der Waals surface area (Å²) in [5, 5.41) is 0. The van der Waals surface area contributed by atoms with Crippen LogP contribution in [0.2, 0.25) is 0 Å². The Hall–Kier alpha value is -2.18. The molecule has 0 N–H and O–H groups in total. The van der Waals surface area contributed by atoms with Gasteiger partial charge in [-0.05, 0) is 30.5 Å². The zero-order valence-corrected chi connectivity index (χ0v) is 16.4. The highest BCUT2D eigenvalue weighted by Gasteiger charge is 2.67. The third-order valence-electron chi connectivity index (χ3n) is 6.73. The topological polar surface area (TPSA) is 59.1 Å². The molecule has 4 aliphatic heterocycles. The lowest BCUT2D eigenvalue weighted by atomic mass is 9.76. The molecule has 1 spiro atoms. The van der Waals surface area contributed by atoms with Crippen molar-refractivity contribution < 1.29 is 19.1 Å². The summed E-state index contributed by atoms with van der Waals surface area (Å²) in [5.74, 6) is -0.757. The SMILES string of the molecule is Cc1ccc(CN2C[C@]34C=C[C@H](O3)[C@H](C(=O)N3CCOCC3)[C@H]4C2=O)cc1C. The molecule has 148 valence electrons. The van der Waals surface area contributed by atoms with Gasteiger partial charge in [0.1, 0.15) is 5.60 Å². The normalized spacial score (nSPS) is 33.6. The zero-order chi connectivity index (χ0) is 19.5. The molecule has 4 aliphatic rings. The average Bonchev–Trinajstić information content (AvgIpc) is 3.33. The predicted molar refractivity (Wildman–Crippen MR) is 102 cm³/mol. The summed E-state index contributed by atoms with van der Waals surface area (Å²) in [4.78, 5) is 30.2. The first kappa shape index (κ1) is 17.9. The number of aryl methyl sites for hydroxylation is 2. The molecule has 1 aromatic rings. The predicted octanol–water partition coefficient (Wildman–Crippen LogP) is 1.44. The first-order valence-corrected chi connectivity index (χ1v) is 10.1. The van der Waals surface area contributed by atoms with Crippen molar-refractivity contribution in [1.82, 2.24) is 9.80 Å². The Kier molecular flexibility index (Phi) is 4.10. The van der Waals surface area contributed by atoms with Crippen LogP contribution in [-0.4, -0.2) is 66.2 Å². The lowest BCUT2D eigenvalue weighted by Gasteiger charge is -2.32. The third kappa shape index (κ3) is 2.62. The minimum atomic E-state index is -0.645. The highest BCUT2D eigenvalue weighted by molar-refractivity contribution is 5.93. The highest BCUT2D eigenvalue weighted by Crippen LogP contribution is 2.52. The second-order valence-electron chi connectivity index (χ2n) is 8.45. The van der Waals surface area contributed by atoms with Crippen LogP contribution in [0.15, 0.2) is 30.4 Å². The van der Waals surface area contributed by atoms with E-state index in [-0.39, 0.29) is 17.9 Å². The number of rotatable bonds is 3. The smallest absolute Gasteiger partial charge is 0.230 e. The molecule has 0 aromatic heterocycles. The molecule has 0 radical (unpaired) electrons. The van der Waals surface area contributed by atoms with Crippen molar-refractivity contribution in [1.29, 1.82) is 0 Å². The Balaban J connectivity index is 1.39. The van der Waals surface area contributed by atoms with Gasteiger partial charge < -0.3 is 19.3 Å². The van der Waals surface area contributed by atoms with Crippen LogP contribution in [-0.2, 0) is 25.6 Å². The second-order valence-corrected chi connectivity index (χ2v) is 8.45. The number of ether oxygens (including phenoxy) is 2. The van der Waals surface area contributed by atoms with E-state index in [1.54, 1.807) is 0 Å². The minimum Gasteiger partial charge on any atom is -0.378 e. The van der Waals surface area contributed by atoms with Gasteiger partial charge in [-0.1, -0.05) is 30.4 Å².